The number of rotatable bonds is 11. The van der Waals surface area contributed by atoms with Crippen LogP contribution in [0.4, 0.5) is 0 Å². The zero-order valence-electron chi connectivity index (χ0n) is 88.6. The first-order valence-corrected chi connectivity index (χ1v) is 46.2. The van der Waals surface area contributed by atoms with E-state index in [1.54, 1.807) is 37.4 Å². The number of hydrogen-bond acceptors (Lipinski definition) is 18. The van der Waals surface area contributed by atoms with Crippen molar-refractivity contribution in [2.75, 3.05) is 0 Å². The molecular formula is C112H172N18. The monoisotopic (exact) mass is 1770 g/mol. The summed E-state index contributed by atoms with van der Waals surface area (Å²) in [6, 6.07) is 32.3. The van der Waals surface area contributed by atoms with Crippen LogP contribution in [0.3, 0.4) is 0 Å². The Bertz CT molecular complexity index is 4530. The van der Waals surface area contributed by atoms with E-state index in [1.165, 1.54) is 33.6 Å². The van der Waals surface area contributed by atoms with Gasteiger partial charge >= 0.3 is 0 Å². The third-order valence-corrected chi connectivity index (χ3v) is 17.3. The average Bonchev–Trinajstić information content (AvgIpc) is 0.831. The highest BCUT2D eigenvalue weighted by Gasteiger charge is 2.21. The van der Waals surface area contributed by atoms with E-state index in [1.807, 2.05) is 151 Å². The van der Waals surface area contributed by atoms with Gasteiger partial charge in [0.15, 0.2) is 0 Å². The molecule has 0 N–H and O–H groups in total. The predicted octanol–water partition coefficient (Wildman–Crippen LogP) is 27.8. The van der Waals surface area contributed by atoms with Crippen LogP contribution in [0.1, 0.15) is 336 Å². The Morgan fingerprint density at radius 3 is 1.15 bits per heavy atom. The molecule has 0 saturated heterocycles. The molecular weight excluding hydrogens is 1600 g/mol. The van der Waals surface area contributed by atoms with Crippen molar-refractivity contribution in [1.82, 2.24) is 84.7 Å². The molecule has 18 nitrogen and oxygen atoms in total. The van der Waals surface area contributed by atoms with Crippen LogP contribution in [0.25, 0.3) is 0 Å². The molecule has 710 valence electrons. The topological polar surface area (TPSA) is 243 Å². The van der Waals surface area contributed by atoms with Gasteiger partial charge < -0.3 is 0 Å². The lowest BCUT2D eigenvalue weighted by Gasteiger charge is -2.18. The highest BCUT2D eigenvalue weighted by Crippen LogP contribution is 2.28. The number of aryl methyl sites for hydroxylation is 7. The van der Waals surface area contributed by atoms with Crippen LogP contribution in [0.2, 0.25) is 0 Å². The first kappa shape index (κ1) is 118. The average molecular weight is 1770 g/mol. The minimum absolute atomic E-state index is 0.203. The van der Waals surface area contributed by atoms with Gasteiger partial charge in [0.05, 0.1) is 0 Å². The number of hydrogen-bond donors (Lipinski definition) is 0. The lowest BCUT2D eigenvalue weighted by molar-refractivity contribution is 0.400. The molecule has 11 aromatic rings. The summed E-state index contributed by atoms with van der Waals surface area (Å²) in [4.78, 5) is 71.1. The van der Waals surface area contributed by atoms with E-state index in [9.17, 15) is 0 Å². The van der Waals surface area contributed by atoms with Crippen molar-refractivity contribution >= 4 is 0 Å². The lowest BCUT2D eigenvalue weighted by atomic mass is 9.88. The molecule has 11 aromatic heterocycles. The molecule has 0 saturated carbocycles. The van der Waals surface area contributed by atoms with Crippen LogP contribution >= 0.6 is 0 Å². The van der Waals surface area contributed by atoms with Crippen LogP contribution in [-0.2, 0) is 70.6 Å². The van der Waals surface area contributed by atoms with Crippen LogP contribution < -0.4 is 0 Å². The Labute approximate surface area is 790 Å². The van der Waals surface area contributed by atoms with Crippen LogP contribution in [0.15, 0.2) is 184 Å². The van der Waals surface area contributed by atoms with Crippen molar-refractivity contribution in [2.45, 2.75) is 348 Å². The maximum absolute atomic E-state index is 8.80. The largest absolute Gasteiger partial charge is 0.264 e. The molecule has 11 rings (SSSR count). The Balaban J connectivity index is 0.000000715. The van der Waals surface area contributed by atoms with Gasteiger partial charge in [0.2, 0.25) is 0 Å². The SMILES string of the molecule is CC(C)(C)Cc1cccnc1.CC(C)(C)Cc1cccnc1C#N.CC(C)(C)Cc1ccncn1.CC(C)(C)Cc1ncccn1.Cc1cc(CC(C)(C)C)ncn1.Cc1cccc(CC(C)(C)C)n1.Cc1cccnc1CC(C)(C)C.Cc1ccnc(CC(C)(C)C)n1.Cc1cnc(CC(C)(C)C)nc1.Cc1ncc(CC(C)(C)C)cn1.Cc1ncccc1CC(C)(C)C. The summed E-state index contributed by atoms with van der Waals surface area (Å²) in [6.07, 6.45) is 38.2. The highest BCUT2D eigenvalue weighted by molar-refractivity contribution is 5.31. The Hall–Kier alpha value is -10.3. The molecule has 0 bridgehead atoms. The normalized spacial score (nSPS) is 11.6. The zero-order valence-corrected chi connectivity index (χ0v) is 88.6. The molecule has 0 spiro atoms. The fraction of sp³-hybridized carbons (Fsp3) is 0.554. The molecule has 0 unspecified atom stereocenters. The summed E-state index contributed by atoms with van der Waals surface area (Å²) >= 11 is 0. The van der Waals surface area contributed by atoms with Crippen LogP contribution in [0, 0.1) is 119 Å². The third-order valence-electron chi connectivity index (χ3n) is 17.3. The third kappa shape index (κ3) is 67.9. The molecule has 0 fully saturated rings. The summed E-state index contributed by atoms with van der Waals surface area (Å²) < 4.78 is 0. The fourth-order valence-electron chi connectivity index (χ4n) is 12.3. The highest BCUT2D eigenvalue weighted by atomic mass is 14.9. The lowest BCUT2D eigenvalue weighted by Crippen LogP contribution is -2.12. The van der Waals surface area contributed by atoms with Gasteiger partial charge in [0, 0.05) is 145 Å². The van der Waals surface area contributed by atoms with Gasteiger partial charge in [-0.05, 0) is 253 Å². The van der Waals surface area contributed by atoms with Gasteiger partial charge in [-0.3, -0.25) is 19.9 Å². The van der Waals surface area contributed by atoms with E-state index in [0.717, 1.165) is 139 Å². The smallest absolute Gasteiger partial charge is 0.143 e. The van der Waals surface area contributed by atoms with Crippen LogP contribution in [-0.4, -0.2) is 84.7 Å². The van der Waals surface area contributed by atoms with Crippen molar-refractivity contribution < 1.29 is 0 Å². The van der Waals surface area contributed by atoms with E-state index in [4.69, 9.17) is 5.26 Å². The van der Waals surface area contributed by atoms with Gasteiger partial charge in [0.1, 0.15) is 47.7 Å². The van der Waals surface area contributed by atoms with Crippen molar-refractivity contribution in [2.24, 2.45) is 59.6 Å². The molecule has 0 aliphatic rings. The Morgan fingerprint density at radius 2 is 0.692 bits per heavy atom. The Morgan fingerprint density at radius 1 is 0.262 bits per heavy atom. The first-order chi connectivity index (χ1) is 59.6. The minimum atomic E-state index is 0.203. The second-order valence-corrected chi connectivity index (χ2v) is 47.3. The van der Waals surface area contributed by atoms with E-state index in [-0.39, 0.29) is 21.7 Å². The summed E-state index contributed by atoms with van der Waals surface area (Å²) in [5, 5.41) is 8.80. The fourth-order valence-corrected chi connectivity index (χ4v) is 12.3. The zero-order chi connectivity index (χ0) is 99.2. The molecule has 18 heteroatoms. The quantitative estimate of drug-likeness (QED) is 0.117. The Kier molecular flexibility index (Phi) is 50.5. The predicted molar refractivity (Wildman–Crippen MR) is 546 cm³/mol. The number of pyridine rings is 5. The van der Waals surface area contributed by atoms with Gasteiger partial charge in [-0.2, -0.15) is 5.26 Å². The molecule has 0 atom stereocenters. The molecule has 0 aliphatic heterocycles. The first-order valence-electron chi connectivity index (χ1n) is 46.2. The molecule has 130 heavy (non-hydrogen) atoms. The van der Waals surface area contributed by atoms with Crippen molar-refractivity contribution in [3.63, 3.8) is 0 Å². The summed E-state index contributed by atoms with van der Waals surface area (Å²) in [7, 11) is 0. The molecule has 0 aromatic carbocycles. The van der Waals surface area contributed by atoms with Crippen molar-refractivity contribution in [3.8, 4) is 6.07 Å². The number of aromatic nitrogens is 17. The van der Waals surface area contributed by atoms with Crippen LogP contribution in [0.5, 0.6) is 0 Å². The van der Waals surface area contributed by atoms with E-state index in [0.29, 0.717) is 43.6 Å². The van der Waals surface area contributed by atoms with E-state index < -0.39 is 0 Å². The maximum Gasteiger partial charge on any atom is 0.143 e. The van der Waals surface area contributed by atoms with Crippen molar-refractivity contribution in [3.05, 3.63) is 292 Å². The minimum Gasteiger partial charge on any atom is -0.264 e. The second kappa shape index (κ2) is 55.8. The molecule has 0 aliphatic carbocycles. The van der Waals surface area contributed by atoms with Gasteiger partial charge in [0.25, 0.3) is 0 Å². The van der Waals surface area contributed by atoms with Gasteiger partial charge in [-0.15, -0.1) is 0 Å². The molecule has 11 heterocycles. The van der Waals surface area contributed by atoms with Gasteiger partial charge in [-0.1, -0.05) is 259 Å². The van der Waals surface area contributed by atoms with Crippen molar-refractivity contribution in [1.29, 1.82) is 5.26 Å². The molecule has 0 radical (unpaired) electrons. The molecule has 0 amide bonds. The van der Waals surface area contributed by atoms with Gasteiger partial charge in [-0.25, -0.2) is 64.8 Å². The summed E-state index contributed by atoms with van der Waals surface area (Å²) in [5.74, 6) is 3.66. The number of nitrogens with zero attached hydrogens (tertiary/aromatic N) is 18. The van der Waals surface area contributed by atoms with E-state index in [2.05, 4.69) is 363 Å². The summed E-state index contributed by atoms with van der Waals surface area (Å²) in [6.45, 7) is 87.0. The standard InChI is InChI=1S/C11H14N2.3C11H17N.4C10H16N2.C10H15N.2C9H14N2/c1-11(2,3)7-9-5-4-6-13-10(9)8-12;1-9-10(6-5-7-12-9)8-11(2,3)4;1-9-6-5-7-12-10(9)8-11(2,3)4;1-9-6-5-7-10(12-9)8-11(2,3)4;1-8-11-6-9(7-12-8)5-10(2,3)4;1-8-6-11-9(12-7-8)5-10(2,3)4;1-8-5-9(12-7-11-8)6-10(2,3)4;1-8-5-6-11-9(12-8)7-10(2,3)4;1-10(2,3)7-9-5-4-6-11-8-9;1-9(2,3)6-8-4-5-10-7-11-8;1-9(2,3)7-8-10-5-4-6-11-8/h4-6H,7H2,1-3H3;3*5-7H,8H2,1-4H3;2*6-7H,5H2,1-4H3;5,7H,6H2,1-4H3;5-6H,7H2,1-4H3;4-6,8H,7H2,1-3H3;4-5,7H,6H2,1-3H3;4-6H,7H2,1-3H3. The number of nitriles is 1. The second-order valence-electron chi connectivity index (χ2n) is 47.3. The maximum atomic E-state index is 8.80. The summed E-state index contributed by atoms with van der Waals surface area (Å²) in [5.41, 5.74) is 20.3. The van der Waals surface area contributed by atoms with E-state index >= 15 is 0 Å².